The summed E-state index contributed by atoms with van der Waals surface area (Å²) in [7, 11) is 0. The van der Waals surface area contributed by atoms with Crippen LogP contribution in [0.25, 0.3) is 0 Å². The molecule has 0 aliphatic carbocycles. The van der Waals surface area contributed by atoms with Crippen LogP contribution in [0.1, 0.15) is 123 Å². The van der Waals surface area contributed by atoms with Gasteiger partial charge < -0.3 is 4.90 Å². The first kappa shape index (κ1) is 24.2. The first-order valence-electron chi connectivity index (χ1n) is 12.2. The maximum absolute atomic E-state index is 12.3. The van der Waals surface area contributed by atoms with Gasteiger partial charge in [0, 0.05) is 19.0 Å². The highest BCUT2D eigenvalue weighted by molar-refractivity contribution is 5.78. The first-order chi connectivity index (χ1) is 13.3. The number of nitrogens with zero attached hydrogens (tertiary/aromatic N) is 1. The zero-order chi connectivity index (χ0) is 19.6. The fourth-order valence-electron chi connectivity index (χ4n) is 4.07. The zero-order valence-electron chi connectivity index (χ0n) is 18.5. The van der Waals surface area contributed by atoms with Crippen molar-refractivity contribution in [1.29, 1.82) is 0 Å². The smallest absolute Gasteiger partial charge is 0.225 e. The molecule has 2 nitrogen and oxygen atoms in total. The van der Waals surface area contributed by atoms with Crippen LogP contribution in [0.5, 0.6) is 0 Å². The van der Waals surface area contributed by atoms with Gasteiger partial charge in [-0.25, -0.2) is 0 Å². The summed E-state index contributed by atoms with van der Waals surface area (Å²) in [6.07, 6.45) is 27.1. The van der Waals surface area contributed by atoms with E-state index < -0.39 is 0 Å². The van der Waals surface area contributed by atoms with Crippen molar-refractivity contribution in [3.63, 3.8) is 0 Å². The second kappa shape index (κ2) is 17.3. The van der Waals surface area contributed by atoms with E-state index >= 15 is 0 Å². The van der Waals surface area contributed by atoms with E-state index in [2.05, 4.69) is 30.9 Å². The van der Waals surface area contributed by atoms with Gasteiger partial charge in [0.05, 0.1) is 0 Å². The molecule has 158 valence electrons. The predicted molar refractivity (Wildman–Crippen MR) is 119 cm³/mol. The van der Waals surface area contributed by atoms with E-state index in [-0.39, 0.29) is 5.92 Å². The molecule has 27 heavy (non-hydrogen) atoms. The lowest BCUT2D eigenvalue weighted by Gasteiger charge is -2.20. The molecule has 0 radical (unpaired) electrons. The largest absolute Gasteiger partial charge is 0.342 e. The second-order valence-electron chi connectivity index (χ2n) is 8.66. The van der Waals surface area contributed by atoms with E-state index in [9.17, 15) is 4.79 Å². The molecule has 1 amide bonds. The second-order valence-corrected chi connectivity index (χ2v) is 8.66. The Morgan fingerprint density at radius 3 is 1.81 bits per heavy atom. The van der Waals surface area contributed by atoms with E-state index in [1.165, 1.54) is 103 Å². The van der Waals surface area contributed by atoms with Crippen LogP contribution in [0.4, 0.5) is 0 Å². The number of hydrogen-bond acceptors (Lipinski definition) is 1. The fourth-order valence-corrected chi connectivity index (χ4v) is 4.07. The Bertz CT molecular complexity index is 371. The summed E-state index contributed by atoms with van der Waals surface area (Å²) < 4.78 is 0. The molecule has 1 aliphatic rings. The van der Waals surface area contributed by atoms with Gasteiger partial charge >= 0.3 is 0 Å². The van der Waals surface area contributed by atoms with Gasteiger partial charge in [-0.15, -0.1) is 0 Å². The molecule has 0 aromatic rings. The number of allylic oxidation sites excluding steroid dienone is 2. The van der Waals surface area contributed by atoms with Gasteiger partial charge in [-0.2, -0.15) is 0 Å². The minimum atomic E-state index is 0.239. The standard InChI is InChI=1S/C25H47NO/c1-3-4-5-6-7-8-9-10-11-12-13-14-15-16-17-18-21-24(2)25(27)26-22-19-20-23-26/h8-9,24H,3-7,10-23H2,1-2H3. The summed E-state index contributed by atoms with van der Waals surface area (Å²) >= 11 is 0. The summed E-state index contributed by atoms with van der Waals surface area (Å²) in [5.41, 5.74) is 0. The lowest BCUT2D eigenvalue weighted by molar-refractivity contribution is -0.134. The lowest BCUT2D eigenvalue weighted by Crippen LogP contribution is -2.32. The molecule has 1 rings (SSSR count). The van der Waals surface area contributed by atoms with Crippen molar-refractivity contribution in [1.82, 2.24) is 4.90 Å². The SMILES string of the molecule is CCCCCCC=CCCCCCCCCCCC(C)C(=O)N1CCCC1. The molecule has 0 bridgehead atoms. The van der Waals surface area contributed by atoms with E-state index in [0.29, 0.717) is 5.91 Å². The normalized spacial score (nSPS) is 15.7. The van der Waals surface area contributed by atoms with Crippen LogP contribution in [-0.2, 0) is 4.79 Å². The highest BCUT2D eigenvalue weighted by atomic mass is 16.2. The van der Waals surface area contributed by atoms with Gasteiger partial charge in [0.15, 0.2) is 0 Å². The lowest BCUT2D eigenvalue weighted by atomic mass is 10.00. The Morgan fingerprint density at radius 2 is 1.26 bits per heavy atom. The zero-order valence-corrected chi connectivity index (χ0v) is 18.5. The van der Waals surface area contributed by atoms with Crippen LogP contribution in [0.15, 0.2) is 12.2 Å². The third-order valence-corrected chi connectivity index (χ3v) is 5.99. The maximum atomic E-state index is 12.3. The quantitative estimate of drug-likeness (QED) is 0.188. The number of hydrogen-bond donors (Lipinski definition) is 0. The van der Waals surface area contributed by atoms with E-state index in [0.717, 1.165) is 19.5 Å². The molecule has 1 aliphatic heterocycles. The van der Waals surface area contributed by atoms with Gasteiger partial charge in [0.2, 0.25) is 5.91 Å². The summed E-state index contributed by atoms with van der Waals surface area (Å²) in [6.45, 7) is 6.39. The van der Waals surface area contributed by atoms with Crippen LogP contribution in [0, 0.1) is 5.92 Å². The van der Waals surface area contributed by atoms with Gasteiger partial charge in [-0.1, -0.05) is 90.2 Å². The van der Waals surface area contributed by atoms with Crippen molar-refractivity contribution in [2.24, 2.45) is 5.92 Å². The number of amides is 1. The maximum Gasteiger partial charge on any atom is 0.225 e. The number of unbranched alkanes of at least 4 members (excludes halogenated alkanes) is 12. The number of carbonyl (C=O) groups is 1. The first-order valence-corrected chi connectivity index (χ1v) is 12.2. The Labute approximate surface area is 170 Å². The van der Waals surface area contributed by atoms with Crippen molar-refractivity contribution >= 4 is 5.91 Å². The minimum Gasteiger partial charge on any atom is -0.342 e. The molecule has 1 saturated heterocycles. The van der Waals surface area contributed by atoms with E-state index in [1.807, 2.05) is 0 Å². The average molecular weight is 378 g/mol. The molecule has 1 fully saturated rings. The van der Waals surface area contributed by atoms with Crippen molar-refractivity contribution in [2.45, 2.75) is 123 Å². The monoisotopic (exact) mass is 377 g/mol. The van der Waals surface area contributed by atoms with Crippen LogP contribution >= 0.6 is 0 Å². The summed E-state index contributed by atoms with van der Waals surface area (Å²) in [6, 6.07) is 0. The molecular formula is C25H47NO. The molecule has 1 unspecified atom stereocenters. The van der Waals surface area contributed by atoms with Crippen LogP contribution in [0.3, 0.4) is 0 Å². The van der Waals surface area contributed by atoms with Crippen LogP contribution in [0.2, 0.25) is 0 Å². The van der Waals surface area contributed by atoms with Gasteiger partial charge in [0.25, 0.3) is 0 Å². The van der Waals surface area contributed by atoms with Crippen LogP contribution < -0.4 is 0 Å². The molecule has 1 atom stereocenters. The van der Waals surface area contributed by atoms with Crippen molar-refractivity contribution < 1.29 is 4.79 Å². The van der Waals surface area contributed by atoms with Crippen LogP contribution in [-0.4, -0.2) is 23.9 Å². The summed E-state index contributed by atoms with van der Waals surface area (Å²) in [5, 5.41) is 0. The van der Waals surface area contributed by atoms with Gasteiger partial charge in [-0.3, -0.25) is 4.79 Å². The molecule has 0 saturated carbocycles. The molecule has 0 aromatic heterocycles. The minimum absolute atomic E-state index is 0.239. The molecular weight excluding hydrogens is 330 g/mol. The Morgan fingerprint density at radius 1 is 0.778 bits per heavy atom. The highest BCUT2D eigenvalue weighted by Gasteiger charge is 2.22. The average Bonchev–Trinajstić information content (AvgIpc) is 3.21. The van der Waals surface area contributed by atoms with Crippen molar-refractivity contribution in [3.8, 4) is 0 Å². The summed E-state index contributed by atoms with van der Waals surface area (Å²) in [5.74, 6) is 0.644. The topological polar surface area (TPSA) is 20.3 Å². The molecule has 0 spiro atoms. The molecule has 0 N–H and O–H groups in total. The van der Waals surface area contributed by atoms with Gasteiger partial charge in [-0.05, 0) is 44.9 Å². The number of carbonyl (C=O) groups excluding carboxylic acids is 1. The molecule has 1 heterocycles. The third-order valence-electron chi connectivity index (χ3n) is 5.99. The molecule has 2 heteroatoms. The number of likely N-dealkylation sites (tertiary alicyclic amines) is 1. The number of rotatable bonds is 17. The van der Waals surface area contributed by atoms with Crippen molar-refractivity contribution in [3.05, 3.63) is 12.2 Å². The van der Waals surface area contributed by atoms with E-state index in [1.54, 1.807) is 0 Å². The Kier molecular flexibility index (Phi) is 15.6. The summed E-state index contributed by atoms with van der Waals surface area (Å²) in [4.78, 5) is 14.3. The predicted octanol–water partition coefficient (Wildman–Crippen LogP) is 7.67. The van der Waals surface area contributed by atoms with E-state index in [4.69, 9.17) is 0 Å². The van der Waals surface area contributed by atoms with Crippen molar-refractivity contribution in [2.75, 3.05) is 13.1 Å². The fraction of sp³-hybridized carbons (Fsp3) is 0.880. The third kappa shape index (κ3) is 13.1. The Balaban J connectivity index is 1.80. The highest BCUT2D eigenvalue weighted by Crippen LogP contribution is 2.18. The molecule has 0 aromatic carbocycles. The van der Waals surface area contributed by atoms with Gasteiger partial charge in [0.1, 0.15) is 0 Å². The Hall–Kier alpha value is -0.790.